The Morgan fingerprint density at radius 1 is 1.70 bits per heavy atom. The first-order valence-corrected chi connectivity index (χ1v) is 4.54. The van der Waals surface area contributed by atoms with Crippen molar-refractivity contribution in [3.8, 4) is 0 Å². The topological polar surface area (TPSA) is 30.2 Å². The Balaban J connectivity index is 3.43. The highest BCUT2D eigenvalue weighted by atomic mass is 127. The van der Waals surface area contributed by atoms with Crippen LogP contribution < -0.4 is 5.62 Å². The van der Waals surface area contributed by atoms with Gasteiger partial charge in [-0.05, 0) is 13.0 Å². The van der Waals surface area contributed by atoms with Crippen LogP contribution in [0.2, 0.25) is 0 Å². The van der Waals surface area contributed by atoms with E-state index in [-0.39, 0.29) is 0 Å². The Kier molecular flexibility index (Phi) is 3.08. The lowest BCUT2D eigenvalue weighted by Crippen LogP contribution is -2.17. The van der Waals surface area contributed by atoms with E-state index in [1.54, 1.807) is 6.20 Å². The number of hydrogen-bond acceptors (Lipinski definition) is 2. The van der Waals surface area contributed by atoms with E-state index in [2.05, 4.69) is 31.1 Å². The van der Waals surface area contributed by atoms with Gasteiger partial charge in [0, 0.05) is 11.9 Å². The molecule has 1 aromatic rings. The quantitative estimate of drug-likeness (QED) is 0.647. The minimum Gasteiger partial charge on any atom is -0.255 e. The first kappa shape index (κ1) is 8.44. The monoisotopic (exact) mass is 361 g/mol. The molecule has 0 atom stereocenters. The number of nitrogens with zero attached hydrogens (tertiary/aromatic N) is 3. The molecule has 0 unspecified atom stereocenters. The Hall–Kier alpha value is 0.340. The van der Waals surface area contributed by atoms with E-state index in [1.807, 2.05) is 38.6 Å². The van der Waals surface area contributed by atoms with Gasteiger partial charge in [0.25, 0.3) is 0 Å². The Morgan fingerprint density at radius 2 is 2.40 bits per heavy atom. The van der Waals surface area contributed by atoms with Crippen LogP contribution >= 0.6 is 45.7 Å². The molecule has 0 spiro atoms. The summed E-state index contributed by atoms with van der Waals surface area (Å²) in [5.41, 5.74) is 1.88. The van der Waals surface area contributed by atoms with Crippen LogP contribution in [0.15, 0.2) is 15.5 Å². The van der Waals surface area contributed by atoms with Gasteiger partial charge in [0.2, 0.25) is 5.62 Å². The van der Waals surface area contributed by atoms with Crippen LogP contribution in [0.5, 0.6) is 0 Å². The van der Waals surface area contributed by atoms with Gasteiger partial charge >= 0.3 is 0 Å². The second kappa shape index (κ2) is 3.65. The van der Waals surface area contributed by atoms with Crippen LogP contribution in [0.3, 0.4) is 0 Å². The van der Waals surface area contributed by atoms with Gasteiger partial charge in [-0.1, -0.05) is 0 Å². The fourth-order valence-electron chi connectivity index (χ4n) is 0.541. The van der Waals surface area contributed by atoms with Crippen molar-refractivity contribution >= 4 is 45.7 Å². The zero-order valence-corrected chi connectivity index (χ0v) is 9.57. The minimum absolute atomic E-state index is 0.737. The van der Waals surface area contributed by atoms with Crippen molar-refractivity contribution in [1.82, 2.24) is 7.76 Å². The number of halogens is 2. The molecule has 54 valence electrons. The molecule has 0 aromatic carbocycles. The van der Waals surface area contributed by atoms with Gasteiger partial charge in [0.15, 0.2) is 0 Å². The van der Waals surface area contributed by atoms with Gasteiger partial charge in [0.05, 0.1) is 45.7 Å². The Labute approximate surface area is 86.6 Å². The predicted molar refractivity (Wildman–Crippen MR) is 56.0 cm³/mol. The van der Waals surface area contributed by atoms with Crippen molar-refractivity contribution in [1.29, 1.82) is 0 Å². The molecule has 0 aliphatic carbocycles. The molecule has 3 nitrogen and oxygen atoms in total. The summed E-state index contributed by atoms with van der Waals surface area (Å²) in [5.74, 6) is 0. The van der Waals surface area contributed by atoms with Gasteiger partial charge in [-0.3, -0.25) is 2.78 Å². The van der Waals surface area contributed by atoms with Crippen LogP contribution in [-0.2, 0) is 0 Å². The van der Waals surface area contributed by atoms with Gasteiger partial charge in [-0.25, -0.2) is 4.98 Å². The van der Waals surface area contributed by atoms with Gasteiger partial charge in [-0.15, -0.1) is 0 Å². The molecule has 0 aliphatic rings. The maximum atomic E-state index is 4.04. The highest BCUT2D eigenvalue weighted by molar-refractivity contribution is 14.1. The molecule has 0 saturated heterocycles. The lowest BCUT2D eigenvalue weighted by atomic mass is 10.5. The van der Waals surface area contributed by atoms with Crippen LogP contribution in [0.25, 0.3) is 0 Å². The summed E-state index contributed by atoms with van der Waals surface area (Å²) in [6.07, 6.45) is 1.75. The second-order valence-electron chi connectivity index (χ2n) is 1.75. The summed E-state index contributed by atoms with van der Waals surface area (Å²) >= 11 is 4.09. The third-order valence-electron chi connectivity index (χ3n) is 1.07. The van der Waals surface area contributed by atoms with Crippen molar-refractivity contribution < 1.29 is 0 Å². The van der Waals surface area contributed by atoms with Crippen molar-refractivity contribution in [3.05, 3.63) is 23.6 Å². The van der Waals surface area contributed by atoms with E-state index < -0.39 is 0 Å². The molecule has 1 aromatic heterocycles. The van der Waals surface area contributed by atoms with Gasteiger partial charge in [-0.2, -0.15) is 3.21 Å². The molecule has 0 aliphatic heterocycles. The standard InChI is InChI=1S/C5H5I2N3/c1-4-2-3-8-5(9-6)10(4)7/h2-3H,1H3. The average molecular weight is 361 g/mol. The third-order valence-corrected chi connectivity index (χ3v) is 2.69. The van der Waals surface area contributed by atoms with Crippen molar-refractivity contribution in [3.63, 3.8) is 0 Å². The summed E-state index contributed by atoms with van der Waals surface area (Å²) in [5, 5.41) is 0. The highest BCUT2D eigenvalue weighted by Gasteiger charge is 1.91. The van der Waals surface area contributed by atoms with Crippen molar-refractivity contribution in [2.75, 3.05) is 0 Å². The van der Waals surface area contributed by atoms with Crippen LogP contribution in [-0.4, -0.2) is 7.76 Å². The van der Waals surface area contributed by atoms with E-state index in [0.29, 0.717) is 0 Å². The number of aryl methyl sites for hydroxylation is 1. The summed E-state index contributed by atoms with van der Waals surface area (Å²) in [6.45, 7) is 2.01. The SMILES string of the molecule is Cc1ccnc(=NI)n1I. The highest BCUT2D eigenvalue weighted by Crippen LogP contribution is 1.95. The van der Waals surface area contributed by atoms with E-state index in [1.165, 1.54) is 0 Å². The molecular weight excluding hydrogens is 356 g/mol. The van der Waals surface area contributed by atoms with Crippen molar-refractivity contribution in [2.24, 2.45) is 3.21 Å². The molecule has 0 fully saturated rings. The fraction of sp³-hybridized carbons (Fsp3) is 0.200. The molecule has 10 heavy (non-hydrogen) atoms. The molecule has 5 heteroatoms. The minimum atomic E-state index is 0.737. The summed E-state index contributed by atoms with van der Waals surface area (Å²) in [6, 6.07) is 1.94. The second-order valence-corrected chi connectivity index (χ2v) is 3.20. The molecule has 0 radical (unpaired) electrons. The first-order chi connectivity index (χ1) is 4.75. The number of hydrogen-bond donors (Lipinski definition) is 0. The normalized spacial score (nSPS) is 12.1. The Morgan fingerprint density at radius 3 is 2.90 bits per heavy atom. The largest absolute Gasteiger partial charge is 0.255 e. The zero-order valence-electron chi connectivity index (χ0n) is 5.25. The van der Waals surface area contributed by atoms with Crippen molar-refractivity contribution in [2.45, 2.75) is 6.92 Å². The summed E-state index contributed by atoms with van der Waals surface area (Å²) in [4.78, 5) is 4.04. The molecule has 1 rings (SSSR count). The smallest absolute Gasteiger partial charge is 0.244 e. The Bertz CT molecular complexity index is 291. The van der Waals surface area contributed by atoms with E-state index in [9.17, 15) is 0 Å². The number of rotatable bonds is 0. The average Bonchev–Trinajstić information content (AvgIpc) is 1.95. The van der Waals surface area contributed by atoms with Gasteiger partial charge in [0.1, 0.15) is 0 Å². The molecular formula is C5H5I2N3. The van der Waals surface area contributed by atoms with E-state index in [4.69, 9.17) is 0 Å². The van der Waals surface area contributed by atoms with E-state index >= 15 is 0 Å². The van der Waals surface area contributed by atoms with Gasteiger partial charge < -0.3 is 0 Å². The third kappa shape index (κ3) is 1.68. The molecule has 0 N–H and O–H groups in total. The first-order valence-electron chi connectivity index (χ1n) is 2.61. The van der Waals surface area contributed by atoms with Crippen LogP contribution in [0.1, 0.15) is 5.69 Å². The maximum absolute atomic E-state index is 4.04. The van der Waals surface area contributed by atoms with Crippen LogP contribution in [0.4, 0.5) is 0 Å². The molecule has 0 saturated carbocycles. The predicted octanol–water partition coefficient (Wildman–Crippen LogP) is 1.64. The summed E-state index contributed by atoms with van der Waals surface area (Å²) in [7, 11) is 0. The van der Waals surface area contributed by atoms with Crippen LogP contribution in [0, 0.1) is 6.92 Å². The lowest BCUT2D eigenvalue weighted by Gasteiger charge is -1.97. The van der Waals surface area contributed by atoms with E-state index in [0.717, 1.165) is 11.3 Å². The summed E-state index contributed by atoms with van der Waals surface area (Å²) < 4.78 is 5.85. The maximum Gasteiger partial charge on any atom is 0.244 e. The molecule has 0 amide bonds. The number of aromatic nitrogens is 2. The molecule has 0 bridgehead atoms. The lowest BCUT2D eigenvalue weighted by molar-refractivity contribution is 0.977. The zero-order chi connectivity index (χ0) is 7.56. The molecule has 1 heterocycles. The fourth-order valence-corrected chi connectivity index (χ4v) is 1.69.